The summed E-state index contributed by atoms with van der Waals surface area (Å²) in [7, 11) is 0. The third-order valence-corrected chi connectivity index (χ3v) is 3.99. The van der Waals surface area contributed by atoms with Gasteiger partial charge in [-0.2, -0.15) is 0 Å². The van der Waals surface area contributed by atoms with Crippen molar-refractivity contribution in [3.63, 3.8) is 0 Å². The van der Waals surface area contributed by atoms with Gasteiger partial charge in [0.15, 0.2) is 0 Å². The Labute approximate surface area is 165 Å². The first kappa shape index (κ1) is 21.2. The summed E-state index contributed by atoms with van der Waals surface area (Å²) < 4.78 is 10.5. The molecule has 0 radical (unpaired) electrons. The second-order valence-electron chi connectivity index (χ2n) is 6.03. The van der Waals surface area contributed by atoms with Crippen molar-refractivity contribution in [2.75, 3.05) is 13.2 Å². The van der Waals surface area contributed by atoms with Gasteiger partial charge in [-0.25, -0.2) is 5.43 Å². The van der Waals surface area contributed by atoms with Gasteiger partial charge in [0.25, 0.3) is 5.91 Å². The minimum absolute atomic E-state index is 0.252. The van der Waals surface area contributed by atoms with E-state index in [0.29, 0.717) is 24.3 Å². The van der Waals surface area contributed by atoms with Crippen LogP contribution >= 0.6 is 0 Å². The summed E-state index contributed by atoms with van der Waals surface area (Å²) in [4.78, 5) is 24.6. The normalized spacial score (nSPS) is 11.4. The number of esters is 1. The van der Waals surface area contributed by atoms with Crippen molar-refractivity contribution in [1.29, 1.82) is 0 Å². The molecule has 2 aromatic carbocycles. The topological polar surface area (TPSA) is 76.7 Å². The van der Waals surface area contributed by atoms with E-state index in [-0.39, 0.29) is 12.5 Å². The van der Waals surface area contributed by atoms with Gasteiger partial charge < -0.3 is 9.47 Å². The fraction of sp³-hybridized carbons (Fsp3) is 0.273. The lowest BCUT2D eigenvalue weighted by Crippen LogP contribution is -2.48. The molecule has 1 amide bonds. The SMILES string of the molecule is C=C(C[C@@H](NNC(=O)c1ccc(OCC)cc1)C(=O)OCC)c1ccccc1. The van der Waals surface area contributed by atoms with Gasteiger partial charge in [-0.15, -0.1) is 0 Å². The predicted octanol–water partition coefficient (Wildman–Crippen LogP) is 3.35. The van der Waals surface area contributed by atoms with Crippen LogP contribution in [0.1, 0.15) is 36.2 Å². The molecule has 2 aromatic rings. The van der Waals surface area contributed by atoms with Crippen molar-refractivity contribution in [3.05, 3.63) is 72.3 Å². The summed E-state index contributed by atoms with van der Waals surface area (Å²) in [5.74, 6) is -0.121. The van der Waals surface area contributed by atoms with Gasteiger partial charge in [-0.3, -0.25) is 15.0 Å². The Bertz CT molecular complexity index is 788. The zero-order chi connectivity index (χ0) is 20.4. The zero-order valence-electron chi connectivity index (χ0n) is 16.2. The Hall–Kier alpha value is -3.12. The number of benzene rings is 2. The highest BCUT2D eigenvalue weighted by molar-refractivity contribution is 5.94. The first-order chi connectivity index (χ1) is 13.5. The largest absolute Gasteiger partial charge is 0.494 e. The van der Waals surface area contributed by atoms with Gasteiger partial charge in [-0.05, 0) is 49.2 Å². The Morgan fingerprint density at radius 3 is 2.25 bits per heavy atom. The van der Waals surface area contributed by atoms with Gasteiger partial charge >= 0.3 is 5.97 Å². The van der Waals surface area contributed by atoms with Crippen molar-refractivity contribution >= 4 is 17.4 Å². The van der Waals surface area contributed by atoms with Crippen LogP contribution in [0.25, 0.3) is 5.57 Å². The quantitative estimate of drug-likeness (QED) is 0.487. The maximum absolute atomic E-state index is 12.4. The molecule has 0 aliphatic heterocycles. The average molecular weight is 382 g/mol. The molecule has 0 saturated heterocycles. The predicted molar refractivity (Wildman–Crippen MR) is 109 cm³/mol. The smallest absolute Gasteiger partial charge is 0.325 e. The molecule has 0 aliphatic rings. The van der Waals surface area contributed by atoms with Crippen LogP contribution in [0, 0.1) is 0 Å². The van der Waals surface area contributed by atoms with Crippen LogP contribution < -0.4 is 15.6 Å². The fourth-order valence-electron chi connectivity index (χ4n) is 2.57. The molecule has 148 valence electrons. The van der Waals surface area contributed by atoms with E-state index in [0.717, 1.165) is 11.1 Å². The van der Waals surface area contributed by atoms with E-state index in [1.54, 1.807) is 31.2 Å². The van der Waals surface area contributed by atoms with Crippen LogP contribution in [0.5, 0.6) is 5.75 Å². The van der Waals surface area contributed by atoms with Crippen molar-refractivity contribution in [3.8, 4) is 5.75 Å². The van der Waals surface area contributed by atoms with Crippen LogP contribution in [0.4, 0.5) is 0 Å². The monoisotopic (exact) mass is 382 g/mol. The molecule has 6 nitrogen and oxygen atoms in total. The number of carbonyl (C=O) groups excluding carboxylic acids is 2. The van der Waals surface area contributed by atoms with Gasteiger partial charge in [0.2, 0.25) is 0 Å². The lowest BCUT2D eigenvalue weighted by Gasteiger charge is -2.19. The number of hydrogen-bond donors (Lipinski definition) is 2. The summed E-state index contributed by atoms with van der Waals surface area (Å²) in [5, 5.41) is 0. The summed E-state index contributed by atoms with van der Waals surface area (Å²) in [5.41, 5.74) is 7.49. The molecule has 0 bridgehead atoms. The summed E-state index contributed by atoms with van der Waals surface area (Å²) in [6.07, 6.45) is 0.298. The number of rotatable bonds is 10. The van der Waals surface area contributed by atoms with E-state index in [9.17, 15) is 9.59 Å². The number of nitrogens with one attached hydrogen (secondary N) is 2. The highest BCUT2D eigenvalue weighted by atomic mass is 16.5. The third-order valence-electron chi connectivity index (χ3n) is 3.99. The first-order valence-corrected chi connectivity index (χ1v) is 9.23. The van der Waals surface area contributed by atoms with Crippen molar-refractivity contribution in [1.82, 2.24) is 10.9 Å². The Kier molecular flexibility index (Phi) is 8.24. The average Bonchev–Trinajstić information content (AvgIpc) is 2.72. The number of hydrogen-bond acceptors (Lipinski definition) is 5. The van der Waals surface area contributed by atoms with Crippen molar-refractivity contribution in [2.24, 2.45) is 0 Å². The summed E-state index contributed by atoms with van der Waals surface area (Å²) in [6, 6.07) is 15.6. The Morgan fingerprint density at radius 2 is 1.64 bits per heavy atom. The number of hydrazine groups is 1. The second-order valence-corrected chi connectivity index (χ2v) is 6.03. The molecule has 0 saturated carbocycles. The molecule has 0 aromatic heterocycles. The van der Waals surface area contributed by atoms with Gasteiger partial charge in [0.1, 0.15) is 11.8 Å². The van der Waals surface area contributed by atoms with Crippen LogP contribution in [0.2, 0.25) is 0 Å². The molecule has 2 rings (SSSR count). The third kappa shape index (κ3) is 6.25. The molecule has 1 atom stereocenters. The molecular weight excluding hydrogens is 356 g/mol. The van der Waals surface area contributed by atoms with Crippen LogP contribution in [0.3, 0.4) is 0 Å². The van der Waals surface area contributed by atoms with Gasteiger partial charge in [0, 0.05) is 12.0 Å². The van der Waals surface area contributed by atoms with E-state index >= 15 is 0 Å². The maximum Gasteiger partial charge on any atom is 0.325 e. The lowest BCUT2D eigenvalue weighted by molar-refractivity contribution is -0.145. The van der Waals surface area contributed by atoms with E-state index in [4.69, 9.17) is 9.47 Å². The molecule has 0 unspecified atom stereocenters. The lowest BCUT2D eigenvalue weighted by atomic mass is 10.0. The molecule has 2 N–H and O–H groups in total. The van der Waals surface area contributed by atoms with Crippen LogP contribution in [-0.4, -0.2) is 31.1 Å². The zero-order valence-corrected chi connectivity index (χ0v) is 16.2. The van der Waals surface area contributed by atoms with Crippen molar-refractivity contribution < 1.29 is 19.1 Å². The second kappa shape index (κ2) is 10.9. The van der Waals surface area contributed by atoms with E-state index in [2.05, 4.69) is 17.4 Å². The summed E-state index contributed by atoms with van der Waals surface area (Å²) in [6.45, 7) is 8.48. The number of ether oxygens (including phenoxy) is 2. The van der Waals surface area contributed by atoms with E-state index in [1.165, 1.54) is 0 Å². The molecule has 6 heteroatoms. The van der Waals surface area contributed by atoms with Gasteiger partial charge in [0.05, 0.1) is 13.2 Å². The highest BCUT2D eigenvalue weighted by Crippen LogP contribution is 2.18. The standard InChI is InChI=1S/C22H26N2O4/c1-4-27-19-13-11-18(12-14-19)21(25)24-23-20(22(26)28-5-2)15-16(3)17-9-7-6-8-10-17/h6-14,20,23H,3-5,15H2,1-2H3,(H,24,25)/t20-/m1/s1. The first-order valence-electron chi connectivity index (χ1n) is 9.23. The van der Waals surface area contributed by atoms with Crippen molar-refractivity contribution in [2.45, 2.75) is 26.3 Å². The Morgan fingerprint density at radius 1 is 0.964 bits per heavy atom. The minimum atomic E-state index is -0.751. The molecular formula is C22H26N2O4. The fourth-order valence-corrected chi connectivity index (χ4v) is 2.57. The number of carbonyl (C=O) groups is 2. The van der Waals surface area contributed by atoms with Gasteiger partial charge in [-0.1, -0.05) is 36.9 Å². The summed E-state index contributed by atoms with van der Waals surface area (Å²) >= 11 is 0. The highest BCUT2D eigenvalue weighted by Gasteiger charge is 2.22. The van der Waals surface area contributed by atoms with E-state index < -0.39 is 12.0 Å². The molecule has 0 aliphatic carbocycles. The molecule has 0 heterocycles. The van der Waals surface area contributed by atoms with Crippen LogP contribution in [0.15, 0.2) is 61.2 Å². The number of amides is 1. The molecule has 28 heavy (non-hydrogen) atoms. The molecule has 0 fully saturated rings. The maximum atomic E-state index is 12.4. The van der Waals surface area contributed by atoms with E-state index in [1.807, 2.05) is 37.3 Å². The minimum Gasteiger partial charge on any atom is -0.494 e. The molecule has 0 spiro atoms. The Balaban J connectivity index is 2.00. The van der Waals surface area contributed by atoms with Crippen LogP contribution in [-0.2, 0) is 9.53 Å².